The molecule has 0 spiro atoms. The fourth-order valence-corrected chi connectivity index (χ4v) is 2.52. The van der Waals surface area contributed by atoms with E-state index in [4.69, 9.17) is 15.2 Å². The van der Waals surface area contributed by atoms with Crippen molar-refractivity contribution in [2.24, 2.45) is 11.7 Å². The molecule has 0 aliphatic rings. The van der Waals surface area contributed by atoms with Crippen LogP contribution in [0, 0.1) is 5.92 Å². The van der Waals surface area contributed by atoms with Crippen LogP contribution in [0.15, 0.2) is 42.5 Å². The second-order valence-corrected chi connectivity index (χ2v) is 5.69. The van der Waals surface area contributed by atoms with E-state index in [1.165, 1.54) is 0 Å². The number of anilines is 1. The number of para-hydroxylation sites is 1. The molecule has 0 aromatic heterocycles. The van der Waals surface area contributed by atoms with Gasteiger partial charge < -0.3 is 20.5 Å². The smallest absolute Gasteiger partial charge is 0.250 e. The lowest BCUT2D eigenvalue weighted by Crippen LogP contribution is -2.24. The Morgan fingerprint density at radius 1 is 1.08 bits per heavy atom. The van der Waals surface area contributed by atoms with Gasteiger partial charge in [0.15, 0.2) is 11.5 Å². The van der Waals surface area contributed by atoms with E-state index >= 15 is 0 Å². The first kappa shape index (κ1) is 18.3. The average molecular weight is 342 g/mol. The minimum atomic E-state index is -0.580. The number of hydrogen-bond acceptors (Lipinski definition) is 4. The van der Waals surface area contributed by atoms with E-state index in [0.717, 1.165) is 5.56 Å². The van der Waals surface area contributed by atoms with Gasteiger partial charge >= 0.3 is 0 Å². The molecule has 3 N–H and O–H groups in total. The van der Waals surface area contributed by atoms with Crippen molar-refractivity contribution in [3.8, 4) is 11.5 Å². The lowest BCUT2D eigenvalue weighted by Gasteiger charge is -2.15. The normalized spacial score (nSPS) is 11.5. The molecular weight excluding hydrogens is 320 g/mol. The van der Waals surface area contributed by atoms with Gasteiger partial charge in [-0.05, 0) is 36.2 Å². The molecule has 0 saturated carbocycles. The number of nitrogens with one attached hydrogen (secondary N) is 1. The third-order valence-electron chi connectivity index (χ3n) is 3.89. The summed E-state index contributed by atoms with van der Waals surface area (Å²) in [6, 6.07) is 12.2. The zero-order valence-corrected chi connectivity index (χ0v) is 14.5. The molecule has 0 aliphatic carbocycles. The molecule has 0 heterocycles. The van der Waals surface area contributed by atoms with Crippen LogP contribution in [-0.2, 0) is 11.2 Å². The summed E-state index contributed by atoms with van der Waals surface area (Å²) in [5, 5.41) is 2.77. The van der Waals surface area contributed by atoms with Gasteiger partial charge in [-0.15, -0.1) is 0 Å². The molecule has 0 fully saturated rings. The van der Waals surface area contributed by atoms with Gasteiger partial charge in [0.1, 0.15) is 0 Å². The van der Waals surface area contributed by atoms with E-state index in [9.17, 15) is 9.59 Å². The first-order valence-corrected chi connectivity index (χ1v) is 7.86. The Morgan fingerprint density at radius 3 is 2.40 bits per heavy atom. The predicted molar refractivity (Wildman–Crippen MR) is 96.0 cm³/mol. The minimum Gasteiger partial charge on any atom is -0.493 e. The van der Waals surface area contributed by atoms with Crippen molar-refractivity contribution in [3.63, 3.8) is 0 Å². The Kier molecular flexibility index (Phi) is 6.00. The Labute approximate surface area is 146 Å². The number of methoxy groups -OCH3 is 2. The Bertz CT molecular complexity index is 774. The van der Waals surface area contributed by atoms with Gasteiger partial charge in [0.2, 0.25) is 5.91 Å². The first-order chi connectivity index (χ1) is 12.0. The highest BCUT2D eigenvalue weighted by molar-refractivity contribution is 6.03. The van der Waals surface area contributed by atoms with Crippen LogP contribution in [0.5, 0.6) is 11.5 Å². The van der Waals surface area contributed by atoms with E-state index in [0.29, 0.717) is 23.6 Å². The number of rotatable bonds is 7. The van der Waals surface area contributed by atoms with E-state index < -0.39 is 5.91 Å². The minimum absolute atomic E-state index is 0.191. The van der Waals surface area contributed by atoms with Crippen LogP contribution in [0.25, 0.3) is 0 Å². The van der Waals surface area contributed by atoms with E-state index in [1.807, 2.05) is 19.1 Å². The molecule has 6 nitrogen and oxygen atoms in total. The van der Waals surface area contributed by atoms with Gasteiger partial charge in [0, 0.05) is 5.92 Å². The van der Waals surface area contributed by atoms with Crippen LogP contribution in [0.3, 0.4) is 0 Å². The van der Waals surface area contributed by atoms with Crippen molar-refractivity contribution in [2.45, 2.75) is 13.3 Å². The molecule has 132 valence electrons. The molecule has 0 saturated heterocycles. The van der Waals surface area contributed by atoms with Gasteiger partial charge in [-0.25, -0.2) is 0 Å². The number of benzene rings is 2. The van der Waals surface area contributed by atoms with Crippen LogP contribution in [-0.4, -0.2) is 26.0 Å². The molecule has 0 bridgehead atoms. The summed E-state index contributed by atoms with van der Waals surface area (Å²) in [7, 11) is 3.14. The Hall–Kier alpha value is -3.02. The summed E-state index contributed by atoms with van der Waals surface area (Å²) in [4.78, 5) is 23.9. The SMILES string of the molecule is COc1ccc(CC(C)C(=O)Nc2ccccc2C(N)=O)cc1OC. The van der Waals surface area contributed by atoms with Crippen molar-refractivity contribution in [2.75, 3.05) is 19.5 Å². The van der Waals surface area contributed by atoms with Crippen molar-refractivity contribution in [1.82, 2.24) is 0 Å². The lowest BCUT2D eigenvalue weighted by molar-refractivity contribution is -0.119. The maximum Gasteiger partial charge on any atom is 0.250 e. The van der Waals surface area contributed by atoms with Crippen molar-refractivity contribution in [3.05, 3.63) is 53.6 Å². The topological polar surface area (TPSA) is 90.6 Å². The molecule has 1 atom stereocenters. The monoisotopic (exact) mass is 342 g/mol. The molecule has 2 aromatic rings. The summed E-state index contributed by atoms with van der Waals surface area (Å²) in [6.45, 7) is 1.82. The third kappa shape index (κ3) is 4.50. The highest BCUT2D eigenvalue weighted by Gasteiger charge is 2.17. The fourth-order valence-electron chi connectivity index (χ4n) is 2.52. The van der Waals surface area contributed by atoms with Crippen molar-refractivity contribution in [1.29, 1.82) is 0 Å². The van der Waals surface area contributed by atoms with Gasteiger partial charge in [-0.3, -0.25) is 9.59 Å². The second-order valence-electron chi connectivity index (χ2n) is 5.69. The standard InChI is InChI=1S/C19H22N2O4/c1-12(10-13-8-9-16(24-2)17(11-13)25-3)19(23)21-15-7-5-4-6-14(15)18(20)22/h4-9,11-12H,10H2,1-3H3,(H2,20,22)(H,21,23). The summed E-state index contributed by atoms with van der Waals surface area (Å²) in [6.07, 6.45) is 0.519. The van der Waals surface area contributed by atoms with Crippen molar-refractivity contribution >= 4 is 17.5 Å². The number of hydrogen-bond donors (Lipinski definition) is 2. The summed E-state index contributed by atoms with van der Waals surface area (Å²) in [5.41, 5.74) is 6.98. The molecule has 2 amide bonds. The van der Waals surface area contributed by atoms with Crippen LogP contribution < -0.4 is 20.5 Å². The zero-order valence-electron chi connectivity index (χ0n) is 14.5. The molecule has 2 aromatic carbocycles. The highest BCUT2D eigenvalue weighted by Crippen LogP contribution is 2.28. The molecule has 2 rings (SSSR count). The third-order valence-corrected chi connectivity index (χ3v) is 3.89. The maximum absolute atomic E-state index is 12.5. The molecule has 6 heteroatoms. The first-order valence-electron chi connectivity index (χ1n) is 7.86. The summed E-state index contributed by atoms with van der Waals surface area (Å²) >= 11 is 0. The molecular formula is C19H22N2O4. The number of carbonyl (C=O) groups is 2. The molecule has 25 heavy (non-hydrogen) atoms. The Morgan fingerprint density at radius 2 is 1.76 bits per heavy atom. The summed E-state index contributed by atoms with van der Waals surface area (Å²) in [5.74, 6) is 0.177. The molecule has 0 radical (unpaired) electrons. The predicted octanol–water partition coefficient (Wildman–Crippen LogP) is 2.62. The van der Waals surface area contributed by atoms with Crippen LogP contribution in [0.1, 0.15) is 22.8 Å². The Balaban J connectivity index is 2.10. The van der Waals surface area contributed by atoms with E-state index in [1.54, 1.807) is 44.6 Å². The van der Waals surface area contributed by atoms with Crippen LogP contribution in [0.2, 0.25) is 0 Å². The number of carbonyl (C=O) groups excluding carboxylic acids is 2. The van der Waals surface area contributed by atoms with E-state index in [-0.39, 0.29) is 17.4 Å². The second kappa shape index (κ2) is 8.19. The van der Waals surface area contributed by atoms with Crippen LogP contribution >= 0.6 is 0 Å². The number of nitrogens with two attached hydrogens (primary N) is 1. The number of amides is 2. The maximum atomic E-state index is 12.5. The highest BCUT2D eigenvalue weighted by atomic mass is 16.5. The largest absolute Gasteiger partial charge is 0.493 e. The van der Waals surface area contributed by atoms with E-state index in [2.05, 4.69) is 5.32 Å². The van der Waals surface area contributed by atoms with Gasteiger partial charge in [0.05, 0.1) is 25.5 Å². The number of primary amides is 1. The number of ether oxygens (including phenoxy) is 2. The van der Waals surface area contributed by atoms with Crippen molar-refractivity contribution < 1.29 is 19.1 Å². The quantitative estimate of drug-likeness (QED) is 0.809. The van der Waals surface area contributed by atoms with Gasteiger partial charge in [0.25, 0.3) is 5.91 Å². The van der Waals surface area contributed by atoms with Gasteiger partial charge in [-0.1, -0.05) is 25.1 Å². The molecule has 0 aliphatic heterocycles. The lowest BCUT2D eigenvalue weighted by atomic mass is 9.99. The zero-order chi connectivity index (χ0) is 18.4. The summed E-state index contributed by atoms with van der Waals surface area (Å²) < 4.78 is 10.5. The molecule has 1 unspecified atom stereocenters. The van der Waals surface area contributed by atoms with Crippen LogP contribution in [0.4, 0.5) is 5.69 Å². The average Bonchev–Trinajstić information content (AvgIpc) is 2.61. The van der Waals surface area contributed by atoms with Gasteiger partial charge in [-0.2, -0.15) is 0 Å². The fraction of sp³-hybridized carbons (Fsp3) is 0.263.